The van der Waals surface area contributed by atoms with Gasteiger partial charge in [-0.25, -0.2) is 22.5 Å². The summed E-state index contributed by atoms with van der Waals surface area (Å²) in [6.45, 7) is 3.65. The molecule has 0 aliphatic heterocycles. The Labute approximate surface area is 175 Å². The Bertz CT molecular complexity index is 1150. The first-order valence-electron chi connectivity index (χ1n) is 9.36. The molecule has 30 heavy (non-hydrogen) atoms. The van der Waals surface area contributed by atoms with Gasteiger partial charge in [-0.2, -0.15) is 0 Å². The van der Waals surface area contributed by atoms with Gasteiger partial charge in [-0.1, -0.05) is 18.2 Å². The van der Waals surface area contributed by atoms with Crippen LogP contribution in [0.15, 0.2) is 60.0 Å². The molecular weight excluding hydrogens is 407 g/mol. The maximum absolute atomic E-state index is 14.3. The van der Waals surface area contributed by atoms with E-state index >= 15 is 0 Å². The van der Waals surface area contributed by atoms with Crippen LogP contribution in [0.25, 0.3) is 5.69 Å². The van der Waals surface area contributed by atoms with Crippen molar-refractivity contribution in [3.63, 3.8) is 0 Å². The zero-order valence-electron chi connectivity index (χ0n) is 16.7. The van der Waals surface area contributed by atoms with Crippen molar-refractivity contribution in [3.05, 3.63) is 77.6 Å². The average Bonchev–Trinajstić information content (AvgIpc) is 3.22. The molecule has 0 bridgehead atoms. The first kappa shape index (κ1) is 21.7. The smallest absolute Gasteiger partial charge is 0.240 e. The second-order valence-corrected chi connectivity index (χ2v) is 8.68. The topological polar surface area (TPSA) is 93.1 Å². The lowest BCUT2D eigenvalue weighted by Gasteiger charge is -2.11. The van der Waals surface area contributed by atoms with E-state index in [0.717, 1.165) is 5.56 Å². The molecule has 7 nitrogen and oxygen atoms in total. The van der Waals surface area contributed by atoms with Crippen LogP contribution in [-0.2, 0) is 21.4 Å². The number of benzene rings is 2. The summed E-state index contributed by atoms with van der Waals surface area (Å²) >= 11 is 0. The molecule has 2 aromatic carbocycles. The lowest BCUT2D eigenvalue weighted by Crippen LogP contribution is -2.31. The summed E-state index contributed by atoms with van der Waals surface area (Å²) in [7, 11) is -3.70. The van der Waals surface area contributed by atoms with Gasteiger partial charge in [-0.15, -0.1) is 0 Å². The standard InChI is InChI=1S/C21H23FN4O3S/c1-15-3-4-16(2)20(11-15)30(28,29)25-8-7-21(27)24-13-17-5-6-19(18(22)12-17)26-10-9-23-14-26/h3-6,9-12,14,25H,7-8,13H2,1-2H3,(H,24,27). The summed E-state index contributed by atoms with van der Waals surface area (Å²) in [5.41, 5.74) is 2.44. The monoisotopic (exact) mass is 430 g/mol. The van der Waals surface area contributed by atoms with Gasteiger partial charge in [0.1, 0.15) is 5.82 Å². The van der Waals surface area contributed by atoms with Crippen molar-refractivity contribution in [1.29, 1.82) is 0 Å². The number of aryl methyl sites for hydroxylation is 2. The second-order valence-electron chi connectivity index (χ2n) is 6.95. The SMILES string of the molecule is Cc1ccc(C)c(S(=O)(=O)NCCC(=O)NCc2ccc(-n3ccnc3)c(F)c2)c1. The van der Waals surface area contributed by atoms with Gasteiger partial charge in [-0.3, -0.25) is 4.79 Å². The molecule has 0 atom stereocenters. The van der Waals surface area contributed by atoms with Crippen LogP contribution in [0.5, 0.6) is 0 Å². The summed E-state index contributed by atoms with van der Waals surface area (Å²) in [5.74, 6) is -0.765. The van der Waals surface area contributed by atoms with Crippen molar-refractivity contribution in [2.24, 2.45) is 0 Å². The number of carbonyl (C=O) groups excluding carboxylic acids is 1. The van der Waals surface area contributed by atoms with Gasteiger partial charge in [0, 0.05) is 31.9 Å². The number of aromatic nitrogens is 2. The maximum Gasteiger partial charge on any atom is 0.240 e. The van der Waals surface area contributed by atoms with Crippen LogP contribution < -0.4 is 10.0 Å². The third-order valence-electron chi connectivity index (χ3n) is 4.56. The molecule has 0 saturated carbocycles. The average molecular weight is 431 g/mol. The number of hydrogen-bond acceptors (Lipinski definition) is 4. The lowest BCUT2D eigenvalue weighted by molar-refractivity contribution is -0.121. The largest absolute Gasteiger partial charge is 0.352 e. The third kappa shape index (κ3) is 5.31. The summed E-state index contributed by atoms with van der Waals surface area (Å²) in [5, 5.41) is 2.67. The first-order chi connectivity index (χ1) is 14.3. The van der Waals surface area contributed by atoms with Crippen molar-refractivity contribution < 1.29 is 17.6 Å². The Balaban J connectivity index is 1.50. The quantitative estimate of drug-likeness (QED) is 0.575. The molecule has 3 aromatic rings. The van der Waals surface area contributed by atoms with Crippen molar-refractivity contribution in [2.45, 2.75) is 31.7 Å². The van der Waals surface area contributed by atoms with Crippen LogP contribution in [0.3, 0.4) is 0 Å². The summed E-state index contributed by atoms with van der Waals surface area (Å²) in [6, 6.07) is 9.84. The number of carbonyl (C=O) groups is 1. The zero-order valence-corrected chi connectivity index (χ0v) is 17.5. The van der Waals surface area contributed by atoms with E-state index in [1.165, 1.54) is 12.4 Å². The molecule has 0 aliphatic carbocycles. The number of halogens is 1. The van der Waals surface area contributed by atoms with Gasteiger partial charge in [0.25, 0.3) is 0 Å². The molecule has 1 aromatic heterocycles. The van der Waals surface area contributed by atoms with E-state index in [1.54, 1.807) is 48.1 Å². The number of imidazole rings is 1. The number of nitrogens with one attached hydrogen (secondary N) is 2. The van der Waals surface area contributed by atoms with E-state index in [-0.39, 0.29) is 30.3 Å². The Morgan fingerprint density at radius 2 is 1.97 bits per heavy atom. The molecule has 0 saturated heterocycles. The Morgan fingerprint density at radius 3 is 2.67 bits per heavy atom. The molecule has 0 unspecified atom stereocenters. The van der Waals surface area contributed by atoms with Crippen molar-refractivity contribution >= 4 is 15.9 Å². The minimum atomic E-state index is -3.70. The van der Waals surface area contributed by atoms with Crippen molar-refractivity contribution in [3.8, 4) is 5.69 Å². The number of nitrogens with zero attached hydrogens (tertiary/aromatic N) is 2. The fourth-order valence-corrected chi connectivity index (χ4v) is 4.29. The molecule has 0 spiro atoms. The van der Waals surface area contributed by atoms with Crippen LogP contribution >= 0.6 is 0 Å². The van der Waals surface area contributed by atoms with Crippen molar-refractivity contribution in [2.75, 3.05) is 6.54 Å². The zero-order chi connectivity index (χ0) is 21.7. The van der Waals surface area contributed by atoms with E-state index in [9.17, 15) is 17.6 Å². The molecule has 0 radical (unpaired) electrons. The molecule has 0 fully saturated rings. The highest BCUT2D eigenvalue weighted by molar-refractivity contribution is 7.89. The molecule has 2 N–H and O–H groups in total. The van der Waals surface area contributed by atoms with Gasteiger partial charge >= 0.3 is 0 Å². The summed E-state index contributed by atoms with van der Waals surface area (Å²) in [6.07, 6.45) is 4.67. The van der Waals surface area contributed by atoms with E-state index in [2.05, 4.69) is 15.0 Å². The van der Waals surface area contributed by atoms with Gasteiger partial charge in [0.15, 0.2) is 0 Å². The predicted molar refractivity (Wildman–Crippen MR) is 111 cm³/mol. The minimum Gasteiger partial charge on any atom is -0.352 e. The molecule has 9 heteroatoms. The van der Waals surface area contributed by atoms with Crippen molar-refractivity contribution in [1.82, 2.24) is 19.6 Å². The van der Waals surface area contributed by atoms with E-state index in [0.29, 0.717) is 16.8 Å². The highest BCUT2D eigenvalue weighted by Gasteiger charge is 2.17. The minimum absolute atomic E-state index is 0.0281. The molecular formula is C21H23FN4O3S. The van der Waals surface area contributed by atoms with Gasteiger partial charge in [0.05, 0.1) is 16.9 Å². The molecule has 158 valence electrons. The number of sulfonamides is 1. The van der Waals surface area contributed by atoms with E-state index in [4.69, 9.17) is 0 Å². The Kier molecular flexibility index (Phi) is 6.63. The van der Waals surface area contributed by atoms with Crippen LogP contribution in [0, 0.1) is 19.7 Å². The van der Waals surface area contributed by atoms with E-state index < -0.39 is 15.8 Å². The number of hydrogen-bond donors (Lipinski definition) is 2. The Hall–Kier alpha value is -3.04. The first-order valence-corrected chi connectivity index (χ1v) is 10.8. The fraction of sp³-hybridized carbons (Fsp3) is 0.238. The molecule has 1 amide bonds. The van der Waals surface area contributed by atoms with Gasteiger partial charge in [0.2, 0.25) is 15.9 Å². The highest BCUT2D eigenvalue weighted by Crippen LogP contribution is 2.17. The molecule has 0 aliphatic rings. The molecule has 3 rings (SSSR count). The summed E-state index contributed by atoms with van der Waals surface area (Å²) in [4.78, 5) is 16.1. The van der Waals surface area contributed by atoms with E-state index in [1.807, 2.05) is 13.0 Å². The Morgan fingerprint density at radius 1 is 1.17 bits per heavy atom. The van der Waals surface area contributed by atoms with Crippen LogP contribution in [0.2, 0.25) is 0 Å². The van der Waals surface area contributed by atoms with Crippen LogP contribution in [-0.4, -0.2) is 30.4 Å². The van der Waals surface area contributed by atoms with Gasteiger partial charge in [-0.05, 0) is 48.7 Å². The number of rotatable bonds is 8. The number of amides is 1. The lowest BCUT2D eigenvalue weighted by atomic mass is 10.2. The third-order valence-corrected chi connectivity index (χ3v) is 6.16. The van der Waals surface area contributed by atoms with Crippen LogP contribution in [0.4, 0.5) is 4.39 Å². The van der Waals surface area contributed by atoms with Gasteiger partial charge < -0.3 is 9.88 Å². The van der Waals surface area contributed by atoms with Crippen LogP contribution in [0.1, 0.15) is 23.1 Å². The summed E-state index contributed by atoms with van der Waals surface area (Å²) < 4.78 is 43.1. The second kappa shape index (κ2) is 9.19. The highest BCUT2D eigenvalue weighted by atomic mass is 32.2. The fourth-order valence-electron chi connectivity index (χ4n) is 2.93. The maximum atomic E-state index is 14.3. The predicted octanol–water partition coefficient (Wildman–Crippen LogP) is 2.61. The molecule has 1 heterocycles. The normalized spacial score (nSPS) is 11.4.